The number of rotatable bonds is 10. The molecule has 0 saturated carbocycles. The van der Waals surface area contributed by atoms with Crippen LogP contribution in [0.3, 0.4) is 0 Å². The summed E-state index contributed by atoms with van der Waals surface area (Å²) in [6.07, 6.45) is 3.99. The fraction of sp³-hybridized carbons (Fsp3) is 0.480. The topological polar surface area (TPSA) is 87.2 Å². The molecule has 1 spiro atoms. The number of ether oxygens (including phenoxy) is 1. The second-order valence-electron chi connectivity index (χ2n) is 8.88. The summed E-state index contributed by atoms with van der Waals surface area (Å²) >= 11 is 11.7. The van der Waals surface area contributed by atoms with Gasteiger partial charge >= 0.3 is 5.97 Å². The van der Waals surface area contributed by atoms with E-state index in [1.807, 2.05) is 0 Å². The zero-order chi connectivity index (χ0) is 25.3. The fourth-order valence-electron chi connectivity index (χ4n) is 5.65. The molecule has 6 atom stereocenters. The van der Waals surface area contributed by atoms with Gasteiger partial charge in [-0.2, -0.15) is 0 Å². The van der Waals surface area contributed by atoms with Gasteiger partial charge in [0, 0.05) is 29.8 Å². The van der Waals surface area contributed by atoms with E-state index in [0.717, 1.165) is 0 Å². The monoisotopic (exact) mass is 582 g/mol. The Labute approximate surface area is 222 Å². The molecule has 35 heavy (non-hydrogen) atoms. The Bertz CT molecular complexity index is 1040. The maximum absolute atomic E-state index is 14.3. The maximum atomic E-state index is 14.3. The number of amides is 2. The molecule has 0 aromatic heterocycles. The average Bonchev–Trinajstić information content (AvgIpc) is 3.43. The molecular weight excluding hydrogens is 556 g/mol. The first-order valence-corrected chi connectivity index (χ1v) is 13.7. The number of esters is 1. The summed E-state index contributed by atoms with van der Waals surface area (Å²) in [5.74, 6) is -2.33. The van der Waals surface area contributed by atoms with Crippen molar-refractivity contribution in [3.8, 4) is 0 Å². The quantitative estimate of drug-likeness (QED) is 0.258. The van der Waals surface area contributed by atoms with Crippen molar-refractivity contribution in [2.24, 2.45) is 11.8 Å². The van der Waals surface area contributed by atoms with Gasteiger partial charge in [-0.15, -0.1) is 18.3 Å². The third kappa shape index (κ3) is 4.34. The number of anilines is 1. The SMILES string of the molecule is C=CCOC(=O)[C@H]1[C@@H]2SC3(CC2Br)C(C(=O)N(CC=C)c2ccccc2Cl)N(CCCO)C(=O)[C@H]13. The van der Waals surface area contributed by atoms with Crippen LogP contribution in [0.2, 0.25) is 5.02 Å². The molecule has 1 aromatic rings. The minimum absolute atomic E-state index is 0.0564. The lowest BCUT2D eigenvalue weighted by molar-refractivity contribution is -0.153. The van der Waals surface area contributed by atoms with Crippen LogP contribution in [0.15, 0.2) is 49.6 Å². The number of hydrogen-bond donors (Lipinski definition) is 1. The van der Waals surface area contributed by atoms with Crippen molar-refractivity contribution in [3.05, 3.63) is 54.6 Å². The molecule has 2 bridgehead atoms. The highest BCUT2D eigenvalue weighted by Crippen LogP contribution is 2.68. The summed E-state index contributed by atoms with van der Waals surface area (Å²) in [5.41, 5.74) is 0.531. The Kier molecular flexibility index (Phi) is 8.00. The van der Waals surface area contributed by atoms with Gasteiger partial charge in [-0.3, -0.25) is 14.4 Å². The number of carbonyl (C=O) groups is 3. The van der Waals surface area contributed by atoms with Gasteiger partial charge in [0.1, 0.15) is 12.6 Å². The minimum atomic E-state index is -0.824. The highest BCUT2D eigenvalue weighted by Gasteiger charge is 2.76. The molecule has 1 aromatic carbocycles. The third-order valence-corrected chi connectivity index (χ3v) is 10.5. The predicted molar refractivity (Wildman–Crippen MR) is 141 cm³/mol. The lowest BCUT2D eigenvalue weighted by atomic mass is 9.71. The first-order valence-electron chi connectivity index (χ1n) is 11.5. The molecule has 3 saturated heterocycles. The zero-order valence-corrected chi connectivity index (χ0v) is 22.3. The summed E-state index contributed by atoms with van der Waals surface area (Å²) in [6, 6.07) is 6.23. The van der Waals surface area contributed by atoms with E-state index in [1.54, 1.807) is 40.1 Å². The highest BCUT2D eigenvalue weighted by atomic mass is 79.9. The van der Waals surface area contributed by atoms with Crippen molar-refractivity contribution in [1.82, 2.24) is 4.90 Å². The highest BCUT2D eigenvalue weighted by molar-refractivity contribution is 9.09. The first kappa shape index (κ1) is 26.3. The van der Waals surface area contributed by atoms with Crippen LogP contribution in [0.1, 0.15) is 12.8 Å². The van der Waals surface area contributed by atoms with Crippen LogP contribution in [0.25, 0.3) is 0 Å². The second kappa shape index (κ2) is 10.7. The van der Waals surface area contributed by atoms with E-state index >= 15 is 0 Å². The normalized spacial score (nSPS) is 30.8. The molecule has 3 fully saturated rings. The van der Waals surface area contributed by atoms with E-state index in [1.165, 1.54) is 17.8 Å². The van der Waals surface area contributed by atoms with Crippen LogP contribution in [0.4, 0.5) is 5.69 Å². The van der Waals surface area contributed by atoms with Gasteiger partial charge in [0.2, 0.25) is 5.91 Å². The number of carbonyl (C=O) groups excluding carboxylic acids is 3. The van der Waals surface area contributed by atoms with E-state index in [0.29, 0.717) is 23.6 Å². The molecule has 4 rings (SSSR count). The molecule has 188 valence electrons. The molecule has 3 aliphatic heterocycles. The van der Waals surface area contributed by atoms with Gasteiger partial charge in [0.15, 0.2) is 0 Å². The summed E-state index contributed by atoms with van der Waals surface area (Å²) in [5, 5.41) is 9.72. The van der Waals surface area contributed by atoms with Gasteiger partial charge in [-0.05, 0) is 25.0 Å². The number of benzene rings is 1. The van der Waals surface area contributed by atoms with Crippen LogP contribution in [-0.2, 0) is 19.1 Å². The molecule has 0 aliphatic carbocycles. The summed E-state index contributed by atoms with van der Waals surface area (Å²) in [4.78, 5) is 44.3. The average molecular weight is 584 g/mol. The van der Waals surface area contributed by atoms with E-state index in [4.69, 9.17) is 16.3 Å². The Morgan fingerprint density at radius 3 is 2.74 bits per heavy atom. The number of aliphatic hydroxyl groups excluding tert-OH is 1. The van der Waals surface area contributed by atoms with Crippen molar-refractivity contribution < 1.29 is 24.2 Å². The Morgan fingerprint density at radius 1 is 1.34 bits per heavy atom. The fourth-order valence-corrected chi connectivity index (χ4v) is 9.48. The molecule has 0 radical (unpaired) electrons. The van der Waals surface area contributed by atoms with E-state index < -0.39 is 28.6 Å². The maximum Gasteiger partial charge on any atom is 0.311 e. The first-order chi connectivity index (χ1) is 16.8. The van der Waals surface area contributed by atoms with Crippen molar-refractivity contribution in [3.63, 3.8) is 0 Å². The van der Waals surface area contributed by atoms with E-state index in [9.17, 15) is 19.5 Å². The van der Waals surface area contributed by atoms with Gasteiger partial charge in [-0.25, -0.2) is 0 Å². The number of likely N-dealkylation sites (tertiary alicyclic amines) is 1. The minimum Gasteiger partial charge on any atom is -0.461 e. The Balaban J connectivity index is 1.78. The molecule has 10 heteroatoms. The number of aliphatic hydroxyl groups is 1. The molecule has 3 heterocycles. The van der Waals surface area contributed by atoms with Crippen molar-refractivity contribution in [2.75, 3.05) is 31.2 Å². The number of para-hydroxylation sites is 1. The molecular formula is C25H28BrClN2O5S. The standard InChI is InChI=1S/C25H28BrClN2O5S/c1-3-10-28(17-9-6-5-8-16(17)27)23(32)21-25-14-15(26)20(35-25)18(24(33)34-13-4-2)19(25)22(31)29(21)11-7-12-30/h3-6,8-9,15,18-21,30H,1-2,7,10-14H2/t15?,18-,19+,20-,21?,25?/m1/s1. The largest absolute Gasteiger partial charge is 0.461 e. The lowest BCUT2D eigenvalue weighted by Crippen LogP contribution is -2.55. The van der Waals surface area contributed by atoms with Crippen molar-refractivity contribution in [2.45, 2.75) is 33.7 Å². The summed E-state index contributed by atoms with van der Waals surface area (Å²) in [7, 11) is 0. The molecule has 7 nitrogen and oxygen atoms in total. The third-order valence-electron chi connectivity index (χ3n) is 6.92. The van der Waals surface area contributed by atoms with Crippen molar-refractivity contribution in [1.29, 1.82) is 0 Å². The Morgan fingerprint density at radius 2 is 2.09 bits per heavy atom. The van der Waals surface area contributed by atoms with Crippen molar-refractivity contribution >= 4 is 62.8 Å². The summed E-state index contributed by atoms with van der Waals surface area (Å²) in [6.45, 7) is 7.76. The van der Waals surface area contributed by atoms with Crippen LogP contribution in [-0.4, -0.2) is 75.0 Å². The number of alkyl halides is 1. The number of nitrogens with zero attached hydrogens (tertiary/aromatic N) is 2. The zero-order valence-electron chi connectivity index (χ0n) is 19.1. The molecule has 1 N–H and O–H groups in total. The lowest BCUT2D eigenvalue weighted by Gasteiger charge is -2.38. The summed E-state index contributed by atoms with van der Waals surface area (Å²) < 4.78 is 4.58. The molecule has 2 amide bonds. The van der Waals surface area contributed by atoms with Crippen LogP contribution < -0.4 is 4.90 Å². The molecule has 3 unspecified atom stereocenters. The van der Waals surface area contributed by atoms with Gasteiger partial charge in [-0.1, -0.05) is 58.4 Å². The Hall–Kier alpha value is -1.81. The van der Waals surface area contributed by atoms with Crippen LogP contribution in [0, 0.1) is 11.8 Å². The van der Waals surface area contributed by atoms with Crippen LogP contribution >= 0.6 is 39.3 Å². The smallest absolute Gasteiger partial charge is 0.311 e. The number of fused-ring (bicyclic) bond motifs is 1. The van der Waals surface area contributed by atoms with Crippen LogP contribution in [0.5, 0.6) is 0 Å². The second-order valence-corrected chi connectivity index (χ2v) is 12.0. The van der Waals surface area contributed by atoms with E-state index in [2.05, 4.69) is 29.1 Å². The number of halogens is 2. The number of hydrogen-bond acceptors (Lipinski definition) is 6. The molecule has 3 aliphatic rings. The van der Waals surface area contributed by atoms with Gasteiger partial charge in [0.25, 0.3) is 5.91 Å². The van der Waals surface area contributed by atoms with E-state index in [-0.39, 0.29) is 48.2 Å². The number of thioether (sulfide) groups is 1. The predicted octanol–water partition coefficient (Wildman–Crippen LogP) is 3.44. The van der Waals surface area contributed by atoms with Gasteiger partial charge < -0.3 is 19.6 Å². The van der Waals surface area contributed by atoms with Gasteiger partial charge in [0.05, 0.1) is 27.3 Å².